The van der Waals surface area contributed by atoms with Gasteiger partial charge in [-0.25, -0.2) is 4.99 Å². The molecular weight excluding hydrogens is 190 g/mol. The van der Waals surface area contributed by atoms with Crippen molar-refractivity contribution in [3.05, 3.63) is 29.8 Å². The third kappa shape index (κ3) is 1.47. The number of aliphatic imine (C=N–C) groups is 1. The summed E-state index contributed by atoms with van der Waals surface area (Å²) in [5, 5.41) is 3.25. The molecule has 2 unspecified atom stereocenters. The summed E-state index contributed by atoms with van der Waals surface area (Å²) in [7, 11) is 0. The van der Waals surface area contributed by atoms with E-state index in [1.807, 2.05) is 24.3 Å². The molecule has 1 saturated heterocycles. The van der Waals surface area contributed by atoms with Gasteiger partial charge < -0.3 is 15.8 Å². The number of benzene rings is 1. The van der Waals surface area contributed by atoms with Crippen molar-refractivity contribution in [2.24, 2.45) is 4.99 Å². The zero-order valence-electron chi connectivity index (χ0n) is 8.31. The highest BCUT2D eigenvalue weighted by Gasteiger charge is 2.35. The van der Waals surface area contributed by atoms with E-state index in [-0.39, 0.29) is 12.1 Å². The summed E-state index contributed by atoms with van der Waals surface area (Å²) in [5.74, 6) is 0.756. The summed E-state index contributed by atoms with van der Waals surface area (Å²) in [6.07, 6.45) is 0.220. The SMILES string of the molecule is Nc1ccc(C2=NC3CNCC3O2)cc1. The van der Waals surface area contributed by atoms with E-state index in [4.69, 9.17) is 10.5 Å². The Hall–Kier alpha value is -1.55. The van der Waals surface area contributed by atoms with Crippen molar-refractivity contribution < 1.29 is 4.74 Å². The fourth-order valence-electron chi connectivity index (χ4n) is 1.98. The number of fused-ring (bicyclic) bond motifs is 1. The maximum atomic E-state index is 5.76. The molecule has 1 aromatic carbocycles. The zero-order chi connectivity index (χ0) is 10.3. The number of hydrogen-bond donors (Lipinski definition) is 2. The molecule has 2 atom stereocenters. The quantitative estimate of drug-likeness (QED) is 0.649. The van der Waals surface area contributed by atoms with Crippen LogP contribution in [0, 0.1) is 0 Å². The Kier molecular flexibility index (Phi) is 1.89. The van der Waals surface area contributed by atoms with Gasteiger partial charge >= 0.3 is 0 Å². The second-order valence-corrected chi connectivity index (χ2v) is 3.94. The van der Waals surface area contributed by atoms with Crippen LogP contribution >= 0.6 is 0 Å². The summed E-state index contributed by atoms with van der Waals surface area (Å²) in [5.41, 5.74) is 7.40. The maximum Gasteiger partial charge on any atom is 0.216 e. The number of anilines is 1. The van der Waals surface area contributed by atoms with Crippen LogP contribution in [0.5, 0.6) is 0 Å². The van der Waals surface area contributed by atoms with Gasteiger partial charge in [0.1, 0.15) is 12.1 Å². The van der Waals surface area contributed by atoms with Crippen molar-refractivity contribution in [3.63, 3.8) is 0 Å². The minimum Gasteiger partial charge on any atom is -0.470 e. The van der Waals surface area contributed by atoms with Gasteiger partial charge in [0.2, 0.25) is 5.90 Å². The first-order valence-electron chi connectivity index (χ1n) is 5.14. The molecular formula is C11H13N3O. The molecule has 0 aliphatic carbocycles. The molecule has 4 nitrogen and oxygen atoms in total. The van der Waals surface area contributed by atoms with Gasteiger partial charge in [0, 0.05) is 24.3 Å². The standard InChI is InChI=1S/C11H13N3O/c12-8-3-1-7(2-4-8)11-14-9-5-13-6-10(9)15-11/h1-4,9-10,13H,5-6,12H2. The van der Waals surface area contributed by atoms with Crippen molar-refractivity contribution in [1.82, 2.24) is 5.32 Å². The van der Waals surface area contributed by atoms with E-state index < -0.39 is 0 Å². The number of ether oxygens (including phenoxy) is 1. The predicted molar refractivity (Wildman–Crippen MR) is 58.9 cm³/mol. The van der Waals surface area contributed by atoms with Crippen LogP contribution in [0.3, 0.4) is 0 Å². The van der Waals surface area contributed by atoms with Crippen LogP contribution in [0.4, 0.5) is 5.69 Å². The Bertz CT molecular complexity index is 399. The van der Waals surface area contributed by atoms with Crippen molar-refractivity contribution >= 4 is 11.6 Å². The second-order valence-electron chi connectivity index (χ2n) is 3.94. The zero-order valence-corrected chi connectivity index (χ0v) is 8.31. The number of rotatable bonds is 1. The molecule has 0 aromatic heterocycles. The molecule has 1 aromatic rings. The van der Waals surface area contributed by atoms with Gasteiger partial charge in [-0.15, -0.1) is 0 Å². The molecule has 0 saturated carbocycles. The molecule has 0 radical (unpaired) electrons. The Morgan fingerprint density at radius 1 is 1.27 bits per heavy atom. The number of hydrogen-bond acceptors (Lipinski definition) is 4. The summed E-state index contributed by atoms with van der Waals surface area (Å²) in [4.78, 5) is 4.54. The number of nitrogen functional groups attached to an aromatic ring is 1. The lowest BCUT2D eigenvalue weighted by molar-refractivity contribution is 0.225. The van der Waals surface area contributed by atoms with Crippen molar-refractivity contribution in [3.8, 4) is 0 Å². The minimum absolute atomic E-state index is 0.220. The van der Waals surface area contributed by atoms with Crippen LogP contribution in [0.15, 0.2) is 29.3 Å². The fourth-order valence-corrected chi connectivity index (χ4v) is 1.98. The van der Waals surface area contributed by atoms with E-state index in [9.17, 15) is 0 Å². The number of nitrogens with one attached hydrogen (secondary N) is 1. The van der Waals surface area contributed by atoms with Crippen LogP contribution in [-0.4, -0.2) is 31.1 Å². The van der Waals surface area contributed by atoms with E-state index >= 15 is 0 Å². The highest BCUT2D eigenvalue weighted by Crippen LogP contribution is 2.21. The molecule has 2 aliphatic rings. The van der Waals surface area contributed by atoms with E-state index in [0.29, 0.717) is 0 Å². The lowest BCUT2D eigenvalue weighted by atomic mass is 10.2. The first kappa shape index (κ1) is 8.73. The van der Waals surface area contributed by atoms with Crippen LogP contribution in [0.2, 0.25) is 0 Å². The van der Waals surface area contributed by atoms with Crippen LogP contribution < -0.4 is 11.1 Å². The lowest BCUT2D eigenvalue weighted by Crippen LogP contribution is -2.20. The van der Waals surface area contributed by atoms with Gasteiger partial charge in [-0.05, 0) is 24.3 Å². The molecule has 3 N–H and O–H groups in total. The molecule has 0 amide bonds. The summed E-state index contributed by atoms with van der Waals surface area (Å²) < 4.78 is 5.76. The highest BCUT2D eigenvalue weighted by atomic mass is 16.5. The maximum absolute atomic E-state index is 5.76. The van der Waals surface area contributed by atoms with Gasteiger partial charge in [-0.1, -0.05) is 0 Å². The summed E-state index contributed by atoms with van der Waals surface area (Å²) in [6, 6.07) is 7.92. The Labute approximate surface area is 88.1 Å². The molecule has 0 bridgehead atoms. The molecule has 0 spiro atoms. The van der Waals surface area contributed by atoms with Crippen LogP contribution in [0.25, 0.3) is 0 Å². The van der Waals surface area contributed by atoms with Gasteiger partial charge in [-0.3, -0.25) is 0 Å². The topological polar surface area (TPSA) is 59.6 Å². The van der Waals surface area contributed by atoms with E-state index in [1.165, 1.54) is 0 Å². The average molecular weight is 203 g/mol. The first-order chi connectivity index (χ1) is 7.33. The average Bonchev–Trinajstić information content (AvgIpc) is 2.78. The van der Waals surface area contributed by atoms with Crippen molar-refractivity contribution in [2.45, 2.75) is 12.1 Å². The Morgan fingerprint density at radius 2 is 2.07 bits per heavy atom. The molecule has 2 aliphatic heterocycles. The van der Waals surface area contributed by atoms with Crippen LogP contribution in [0.1, 0.15) is 5.56 Å². The Balaban J connectivity index is 1.87. The molecule has 4 heteroatoms. The number of nitrogens with two attached hydrogens (primary N) is 1. The molecule has 1 fully saturated rings. The van der Waals surface area contributed by atoms with Crippen LogP contribution in [-0.2, 0) is 4.74 Å². The summed E-state index contributed by atoms with van der Waals surface area (Å²) in [6.45, 7) is 1.82. The monoisotopic (exact) mass is 203 g/mol. The van der Waals surface area contributed by atoms with E-state index in [0.717, 1.165) is 30.2 Å². The van der Waals surface area contributed by atoms with Crippen molar-refractivity contribution in [2.75, 3.05) is 18.8 Å². The minimum atomic E-state index is 0.220. The van der Waals surface area contributed by atoms with E-state index in [2.05, 4.69) is 10.3 Å². The fraction of sp³-hybridized carbons (Fsp3) is 0.364. The normalized spacial score (nSPS) is 28.4. The third-order valence-corrected chi connectivity index (χ3v) is 2.83. The molecule has 78 valence electrons. The lowest BCUT2D eigenvalue weighted by Gasteiger charge is -2.07. The first-order valence-corrected chi connectivity index (χ1v) is 5.14. The smallest absolute Gasteiger partial charge is 0.216 e. The second kappa shape index (κ2) is 3.24. The molecule has 15 heavy (non-hydrogen) atoms. The molecule has 3 rings (SSSR count). The highest BCUT2D eigenvalue weighted by molar-refractivity contribution is 5.95. The number of nitrogens with zero attached hydrogens (tertiary/aromatic N) is 1. The predicted octanol–water partition coefficient (Wildman–Crippen LogP) is 0.386. The third-order valence-electron chi connectivity index (χ3n) is 2.83. The van der Waals surface area contributed by atoms with E-state index in [1.54, 1.807) is 0 Å². The summed E-state index contributed by atoms with van der Waals surface area (Å²) >= 11 is 0. The van der Waals surface area contributed by atoms with Gasteiger partial charge in [0.25, 0.3) is 0 Å². The molecule has 2 heterocycles. The largest absolute Gasteiger partial charge is 0.470 e. The van der Waals surface area contributed by atoms with Gasteiger partial charge in [0.15, 0.2) is 0 Å². The van der Waals surface area contributed by atoms with Gasteiger partial charge in [-0.2, -0.15) is 0 Å². The Morgan fingerprint density at radius 3 is 2.80 bits per heavy atom. The van der Waals surface area contributed by atoms with Crippen molar-refractivity contribution in [1.29, 1.82) is 0 Å². The van der Waals surface area contributed by atoms with Gasteiger partial charge in [0.05, 0.1) is 0 Å².